The van der Waals surface area contributed by atoms with Gasteiger partial charge in [-0.3, -0.25) is 4.79 Å². The molecule has 1 amide bonds. The van der Waals surface area contributed by atoms with Crippen LogP contribution >= 0.6 is 23.2 Å². The van der Waals surface area contributed by atoms with E-state index in [-0.39, 0.29) is 23.7 Å². The Bertz CT molecular complexity index is 1070. The summed E-state index contributed by atoms with van der Waals surface area (Å²) in [6.07, 6.45) is 2.80. The Balaban J connectivity index is 1.82. The lowest BCUT2D eigenvalue weighted by Crippen LogP contribution is -2.40. The minimum atomic E-state index is -3.71. The summed E-state index contributed by atoms with van der Waals surface area (Å²) in [6, 6.07) is 9.40. The predicted octanol–water partition coefficient (Wildman–Crippen LogP) is 3.67. The lowest BCUT2D eigenvalue weighted by atomic mass is 10.2. The van der Waals surface area contributed by atoms with Gasteiger partial charge in [0.25, 0.3) is 0 Å². The van der Waals surface area contributed by atoms with Gasteiger partial charge in [-0.05, 0) is 35.9 Å². The van der Waals surface area contributed by atoms with Crippen LogP contribution in [0.5, 0.6) is 5.75 Å². The average Bonchev–Trinajstić information content (AvgIpc) is 2.75. The first-order valence-electron chi connectivity index (χ1n) is 9.02. The molecule has 0 bridgehead atoms. The van der Waals surface area contributed by atoms with Crippen LogP contribution in [0.1, 0.15) is 5.56 Å². The first-order valence-corrected chi connectivity index (χ1v) is 11.2. The van der Waals surface area contributed by atoms with E-state index in [4.69, 9.17) is 32.7 Å². The molecule has 0 aromatic heterocycles. The molecule has 10 heteroatoms. The van der Waals surface area contributed by atoms with Gasteiger partial charge in [-0.15, -0.1) is 0 Å². The summed E-state index contributed by atoms with van der Waals surface area (Å²) >= 11 is 12.1. The molecule has 3 rings (SSSR count). The maximum atomic E-state index is 12.9. The van der Waals surface area contributed by atoms with Gasteiger partial charge in [0.2, 0.25) is 15.9 Å². The molecule has 0 radical (unpaired) electrons. The molecule has 0 saturated carbocycles. The largest absolute Gasteiger partial charge is 0.495 e. The van der Waals surface area contributed by atoms with Gasteiger partial charge in [-0.1, -0.05) is 35.3 Å². The van der Waals surface area contributed by atoms with Crippen LogP contribution in [0, 0.1) is 0 Å². The van der Waals surface area contributed by atoms with Crippen LogP contribution < -0.4 is 10.1 Å². The van der Waals surface area contributed by atoms with Crippen molar-refractivity contribution in [2.24, 2.45) is 0 Å². The maximum absolute atomic E-state index is 12.9. The number of nitrogens with one attached hydrogen (secondary N) is 1. The second kappa shape index (κ2) is 9.80. The Morgan fingerprint density at radius 3 is 2.63 bits per heavy atom. The summed E-state index contributed by atoms with van der Waals surface area (Å²) in [5.41, 5.74) is 0.814. The number of carbonyl (C=O) groups excluding carboxylic acids is 1. The SMILES string of the molecule is COc1ccc(S(=O)(=O)N2CCOCC2)cc1NC(=O)C=Cc1cccc(Cl)c1Cl. The summed E-state index contributed by atoms with van der Waals surface area (Å²) < 4.78 is 37.6. The Labute approximate surface area is 185 Å². The fourth-order valence-corrected chi connectivity index (χ4v) is 4.68. The van der Waals surface area contributed by atoms with Gasteiger partial charge in [0.15, 0.2) is 0 Å². The predicted molar refractivity (Wildman–Crippen MR) is 117 cm³/mol. The molecule has 2 aromatic rings. The van der Waals surface area contributed by atoms with Crippen LogP contribution in [0.3, 0.4) is 0 Å². The molecule has 0 unspecified atom stereocenters. The van der Waals surface area contributed by atoms with Crippen LogP contribution in [-0.2, 0) is 19.6 Å². The Morgan fingerprint density at radius 2 is 1.93 bits per heavy atom. The minimum absolute atomic E-state index is 0.0577. The molecule has 1 saturated heterocycles. The van der Waals surface area contributed by atoms with Crippen molar-refractivity contribution in [2.45, 2.75) is 4.90 Å². The van der Waals surface area contributed by atoms with Gasteiger partial charge < -0.3 is 14.8 Å². The highest BCUT2D eigenvalue weighted by atomic mass is 35.5. The molecule has 0 atom stereocenters. The van der Waals surface area contributed by atoms with Gasteiger partial charge in [-0.2, -0.15) is 4.31 Å². The number of rotatable bonds is 6. The number of anilines is 1. The molecule has 1 fully saturated rings. The number of halogens is 2. The van der Waals surface area contributed by atoms with Crippen molar-refractivity contribution in [3.8, 4) is 5.75 Å². The third-order valence-corrected chi connectivity index (χ3v) is 7.16. The molecular weight excluding hydrogens is 451 g/mol. The van der Waals surface area contributed by atoms with Gasteiger partial charge in [0.05, 0.1) is 41.0 Å². The highest BCUT2D eigenvalue weighted by Gasteiger charge is 2.27. The molecule has 30 heavy (non-hydrogen) atoms. The fraction of sp³-hybridized carbons (Fsp3) is 0.250. The number of nitrogens with zero attached hydrogens (tertiary/aromatic N) is 1. The van der Waals surface area contributed by atoms with E-state index in [0.717, 1.165) is 0 Å². The molecule has 0 spiro atoms. The topological polar surface area (TPSA) is 84.9 Å². The number of hydrogen-bond acceptors (Lipinski definition) is 5. The summed E-state index contributed by atoms with van der Waals surface area (Å²) in [4.78, 5) is 12.5. The van der Waals surface area contributed by atoms with E-state index in [1.54, 1.807) is 18.2 Å². The van der Waals surface area contributed by atoms with Crippen LogP contribution in [0.4, 0.5) is 5.69 Å². The van der Waals surface area contributed by atoms with Crippen molar-refractivity contribution in [3.63, 3.8) is 0 Å². The van der Waals surface area contributed by atoms with Crippen molar-refractivity contribution in [3.05, 3.63) is 58.1 Å². The zero-order valence-electron chi connectivity index (χ0n) is 16.1. The molecular formula is C20H20Cl2N2O5S. The lowest BCUT2D eigenvalue weighted by Gasteiger charge is -2.26. The fourth-order valence-electron chi connectivity index (χ4n) is 2.87. The smallest absolute Gasteiger partial charge is 0.248 e. The number of carbonyl (C=O) groups is 1. The minimum Gasteiger partial charge on any atom is -0.495 e. The number of benzene rings is 2. The summed E-state index contributed by atoms with van der Waals surface area (Å²) in [5, 5.41) is 3.36. The molecule has 1 heterocycles. The van der Waals surface area contributed by atoms with Crippen molar-refractivity contribution in [1.29, 1.82) is 0 Å². The van der Waals surface area contributed by atoms with E-state index in [1.165, 1.54) is 41.8 Å². The Morgan fingerprint density at radius 1 is 1.20 bits per heavy atom. The summed E-state index contributed by atoms with van der Waals surface area (Å²) in [5.74, 6) is -0.149. The maximum Gasteiger partial charge on any atom is 0.248 e. The van der Waals surface area contributed by atoms with E-state index < -0.39 is 15.9 Å². The van der Waals surface area contributed by atoms with E-state index in [1.807, 2.05) is 0 Å². The van der Waals surface area contributed by atoms with Crippen LogP contribution in [-0.4, -0.2) is 52.0 Å². The van der Waals surface area contributed by atoms with Crippen molar-refractivity contribution < 1.29 is 22.7 Å². The van der Waals surface area contributed by atoms with E-state index >= 15 is 0 Å². The van der Waals surface area contributed by atoms with Gasteiger partial charge in [-0.25, -0.2) is 8.42 Å². The third kappa shape index (κ3) is 5.14. The Hall–Kier alpha value is -2.10. The van der Waals surface area contributed by atoms with Gasteiger partial charge in [0, 0.05) is 19.2 Å². The monoisotopic (exact) mass is 470 g/mol. The molecule has 0 aliphatic carbocycles. The average molecular weight is 471 g/mol. The van der Waals surface area contributed by atoms with E-state index in [2.05, 4.69) is 5.32 Å². The molecule has 1 N–H and O–H groups in total. The van der Waals surface area contributed by atoms with Crippen molar-refractivity contribution in [2.75, 3.05) is 38.7 Å². The number of methoxy groups -OCH3 is 1. The number of sulfonamides is 1. The molecule has 160 valence electrons. The second-order valence-corrected chi connectivity index (χ2v) is 9.07. The number of morpholine rings is 1. The van der Waals surface area contributed by atoms with E-state index in [9.17, 15) is 13.2 Å². The molecule has 2 aromatic carbocycles. The number of amides is 1. The first-order chi connectivity index (χ1) is 14.3. The zero-order valence-corrected chi connectivity index (χ0v) is 18.4. The van der Waals surface area contributed by atoms with E-state index in [0.29, 0.717) is 34.6 Å². The van der Waals surface area contributed by atoms with Crippen LogP contribution in [0.25, 0.3) is 6.08 Å². The van der Waals surface area contributed by atoms with Crippen LogP contribution in [0.2, 0.25) is 10.0 Å². The quantitative estimate of drug-likeness (QED) is 0.650. The lowest BCUT2D eigenvalue weighted by molar-refractivity contribution is -0.111. The highest BCUT2D eigenvalue weighted by molar-refractivity contribution is 7.89. The molecule has 1 aliphatic rings. The van der Waals surface area contributed by atoms with Gasteiger partial charge >= 0.3 is 0 Å². The number of ether oxygens (including phenoxy) is 2. The van der Waals surface area contributed by atoms with Gasteiger partial charge in [0.1, 0.15) is 5.75 Å². The second-order valence-electron chi connectivity index (χ2n) is 6.34. The first kappa shape index (κ1) is 22.6. The third-order valence-electron chi connectivity index (χ3n) is 4.43. The highest BCUT2D eigenvalue weighted by Crippen LogP contribution is 2.30. The van der Waals surface area contributed by atoms with Crippen LogP contribution in [0.15, 0.2) is 47.4 Å². The molecule has 7 nitrogen and oxygen atoms in total. The van der Waals surface area contributed by atoms with Crippen molar-refractivity contribution >= 4 is 50.9 Å². The number of hydrogen-bond donors (Lipinski definition) is 1. The zero-order chi connectivity index (χ0) is 21.7. The summed E-state index contributed by atoms with van der Waals surface area (Å²) in [7, 11) is -2.28. The molecule has 1 aliphatic heterocycles. The normalized spacial score (nSPS) is 15.3. The standard InChI is InChI=1S/C20H20Cl2N2O5S/c1-28-18-7-6-15(30(26,27)24-9-11-29-12-10-24)13-17(18)23-19(25)8-5-14-3-2-4-16(21)20(14)22/h2-8,13H,9-12H2,1H3,(H,23,25). The Kier molecular flexibility index (Phi) is 7.38. The van der Waals surface area contributed by atoms with Crippen molar-refractivity contribution in [1.82, 2.24) is 4.31 Å². The summed E-state index contributed by atoms with van der Waals surface area (Å²) in [6.45, 7) is 1.24.